The van der Waals surface area contributed by atoms with Crippen molar-refractivity contribution in [3.8, 4) is 0 Å². The fourth-order valence-corrected chi connectivity index (χ4v) is 12.6. The van der Waals surface area contributed by atoms with Crippen molar-refractivity contribution in [1.29, 1.82) is 0 Å². The molecule has 0 unspecified atom stereocenters. The summed E-state index contributed by atoms with van der Waals surface area (Å²) in [6, 6.07) is 10.6. The van der Waals surface area contributed by atoms with Gasteiger partial charge in [0, 0.05) is 51.4 Å². The maximum absolute atomic E-state index is 14.7. The van der Waals surface area contributed by atoms with Crippen LogP contribution in [-0.4, -0.2) is 110 Å². The van der Waals surface area contributed by atoms with Gasteiger partial charge >= 0.3 is 11.9 Å². The lowest BCUT2D eigenvalue weighted by atomic mass is 9.93. The molecule has 6 heterocycles. The SMILES string of the molecule is O=C(O[C@H]1[C@@H]2OC3(CCCCC3)O[C@@H]2CO[C@]12COC1(CCCCC1)O2)c1ccc(C(=O)O[C@H]2[C@@H]3OC4(CCCCC4)O[C@@H]3CO[C@]23COC2(CCCCC2)O3)c2ccccc12. The van der Waals surface area contributed by atoms with Crippen LogP contribution in [-0.2, 0) is 56.8 Å². The number of fused-ring (bicyclic) bond motifs is 3. The van der Waals surface area contributed by atoms with Gasteiger partial charge in [-0.1, -0.05) is 49.9 Å². The fraction of sp³-hybridized carbons (Fsp3) is 0.750. The third-order valence-corrected chi connectivity index (χ3v) is 15.7. The van der Waals surface area contributed by atoms with Crippen LogP contribution in [0.25, 0.3) is 10.8 Å². The van der Waals surface area contributed by atoms with Crippen molar-refractivity contribution in [2.75, 3.05) is 26.4 Å². The maximum Gasteiger partial charge on any atom is 0.339 e. The molecule has 6 spiro atoms. The van der Waals surface area contributed by atoms with Crippen molar-refractivity contribution in [1.82, 2.24) is 0 Å². The van der Waals surface area contributed by atoms with Crippen molar-refractivity contribution in [2.45, 2.75) is 200 Å². The van der Waals surface area contributed by atoms with Crippen LogP contribution in [0.1, 0.15) is 149 Å². The normalized spacial score (nSPS) is 38.8. The van der Waals surface area contributed by atoms with Gasteiger partial charge in [-0.3, -0.25) is 0 Å². The van der Waals surface area contributed by atoms with E-state index in [-0.39, 0.29) is 37.6 Å². The van der Waals surface area contributed by atoms with Crippen LogP contribution in [0.15, 0.2) is 36.4 Å². The van der Waals surface area contributed by atoms with Crippen LogP contribution >= 0.6 is 0 Å². The molecule has 4 saturated carbocycles. The third-order valence-electron chi connectivity index (χ3n) is 15.7. The van der Waals surface area contributed by atoms with Crippen molar-refractivity contribution in [3.63, 3.8) is 0 Å². The highest BCUT2D eigenvalue weighted by Gasteiger charge is 2.68. The zero-order chi connectivity index (χ0) is 41.6. The Bertz CT molecular complexity index is 1870. The molecule has 12 rings (SSSR count). The summed E-state index contributed by atoms with van der Waals surface area (Å²) in [6.45, 7) is 0.696. The second kappa shape index (κ2) is 15.4. The standard InChI is InChI=1S/C48H60O14/c49-41(55-39-37-35(57-45(59-37)23-11-3-12-24-45)27-51-47(39)29-53-43(61-47)19-7-1-8-20-43)33-17-18-34(32-16-6-5-15-31(32)33)42(50)56-40-38-36(58-46(60-38)25-13-4-14-26-46)28-52-48(40)30-54-44(62-48)21-9-2-10-22-44/h5-6,15-18,35-40H,1-4,7-14,19-30H2/t35-,36-,37-,38-,39+,40+,47+,48+/m1/s1. The Balaban J connectivity index is 0.846. The number of carbonyl (C=O) groups is 2. The minimum atomic E-state index is -1.36. The van der Waals surface area contributed by atoms with E-state index in [4.69, 9.17) is 56.8 Å². The molecule has 14 nitrogen and oxygen atoms in total. The van der Waals surface area contributed by atoms with E-state index in [2.05, 4.69) is 0 Å². The van der Waals surface area contributed by atoms with E-state index in [1.807, 2.05) is 24.3 Å². The lowest BCUT2D eigenvalue weighted by Crippen LogP contribution is -2.63. The Labute approximate surface area is 362 Å². The largest absolute Gasteiger partial charge is 0.450 e. The first kappa shape index (κ1) is 40.7. The lowest BCUT2D eigenvalue weighted by Gasteiger charge is -2.44. The molecule has 0 amide bonds. The molecule has 0 radical (unpaired) electrons. The second-order valence-electron chi connectivity index (χ2n) is 19.7. The molecule has 10 fully saturated rings. The molecule has 2 aromatic carbocycles. The lowest BCUT2D eigenvalue weighted by molar-refractivity contribution is -0.335. The van der Waals surface area contributed by atoms with E-state index in [0.29, 0.717) is 10.8 Å². The minimum Gasteiger partial charge on any atom is -0.450 e. The number of rotatable bonds is 4. The van der Waals surface area contributed by atoms with Crippen LogP contribution in [0.2, 0.25) is 0 Å². The van der Waals surface area contributed by atoms with Crippen LogP contribution in [0.4, 0.5) is 0 Å². The average Bonchev–Trinajstić information content (AvgIpc) is 4.05. The van der Waals surface area contributed by atoms with Crippen molar-refractivity contribution in [3.05, 3.63) is 47.5 Å². The van der Waals surface area contributed by atoms with E-state index in [0.717, 1.165) is 128 Å². The number of hydrogen-bond acceptors (Lipinski definition) is 14. The Morgan fingerprint density at radius 2 is 0.823 bits per heavy atom. The van der Waals surface area contributed by atoms with Gasteiger partial charge in [0.1, 0.15) is 37.6 Å². The van der Waals surface area contributed by atoms with Gasteiger partial charge in [0.05, 0.1) is 24.3 Å². The quantitative estimate of drug-likeness (QED) is 0.278. The molecule has 336 valence electrons. The average molecular weight is 861 g/mol. The van der Waals surface area contributed by atoms with Crippen LogP contribution in [0.3, 0.4) is 0 Å². The molecule has 2 aromatic rings. The molecule has 0 N–H and O–H groups in total. The van der Waals surface area contributed by atoms with Gasteiger partial charge < -0.3 is 56.8 Å². The van der Waals surface area contributed by atoms with Gasteiger partial charge in [-0.05, 0) is 74.3 Å². The summed E-state index contributed by atoms with van der Waals surface area (Å²) in [7, 11) is 0. The summed E-state index contributed by atoms with van der Waals surface area (Å²) < 4.78 is 79.8. The topological polar surface area (TPSA) is 145 Å². The van der Waals surface area contributed by atoms with Gasteiger partial charge in [-0.25, -0.2) is 9.59 Å². The number of ether oxygens (including phenoxy) is 12. The smallest absolute Gasteiger partial charge is 0.339 e. The summed E-state index contributed by atoms with van der Waals surface area (Å²) in [5.41, 5.74) is 0.561. The van der Waals surface area contributed by atoms with E-state index < -0.39 is 83.3 Å². The second-order valence-corrected chi connectivity index (χ2v) is 19.7. The van der Waals surface area contributed by atoms with Gasteiger partial charge in [0.2, 0.25) is 11.6 Å². The monoisotopic (exact) mass is 860 g/mol. The molecule has 14 heteroatoms. The van der Waals surface area contributed by atoms with Crippen LogP contribution in [0.5, 0.6) is 0 Å². The Morgan fingerprint density at radius 1 is 0.452 bits per heavy atom. The molecule has 10 aliphatic rings. The number of esters is 2. The summed E-state index contributed by atoms with van der Waals surface area (Å²) in [5.74, 6) is -7.00. The number of benzene rings is 2. The van der Waals surface area contributed by atoms with Gasteiger partial charge in [-0.2, -0.15) is 0 Å². The summed E-state index contributed by atoms with van der Waals surface area (Å²) in [5, 5.41) is 1.06. The minimum absolute atomic E-state index is 0.107. The maximum atomic E-state index is 14.7. The Hall–Kier alpha value is -2.76. The predicted molar refractivity (Wildman–Crippen MR) is 217 cm³/mol. The fourth-order valence-electron chi connectivity index (χ4n) is 12.6. The molecule has 6 saturated heterocycles. The van der Waals surface area contributed by atoms with Gasteiger partial charge in [-0.15, -0.1) is 0 Å². The number of hydrogen-bond donors (Lipinski definition) is 0. The van der Waals surface area contributed by atoms with E-state index >= 15 is 0 Å². The molecule has 8 atom stereocenters. The highest BCUT2D eigenvalue weighted by Crippen LogP contribution is 2.53. The van der Waals surface area contributed by atoms with E-state index in [1.165, 1.54) is 0 Å². The summed E-state index contributed by atoms with van der Waals surface area (Å²) in [6.07, 6.45) is 14.4. The first-order valence-electron chi connectivity index (χ1n) is 23.8. The highest BCUT2D eigenvalue weighted by molar-refractivity contribution is 6.11. The number of carbonyl (C=O) groups excluding carboxylic acids is 2. The van der Waals surface area contributed by atoms with Crippen molar-refractivity contribution < 1.29 is 66.4 Å². The van der Waals surface area contributed by atoms with Gasteiger partial charge in [0.25, 0.3) is 0 Å². The van der Waals surface area contributed by atoms with E-state index in [9.17, 15) is 9.59 Å². The summed E-state index contributed by atoms with van der Waals surface area (Å²) in [4.78, 5) is 29.4. The molecule has 4 aliphatic carbocycles. The van der Waals surface area contributed by atoms with E-state index in [1.54, 1.807) is 12.1 Å². The highest BCUT2D eigenvalue weighted by atomic mass is 16.9. The molecular formula is C48H60O14. The Morgan fingerprint density at radius 3 is 1.21 bits per heavy atom. The third kappa shape index (κ3) is 6.79. The molecular weight excluding hydrogens is 801 g/mol. The molecule has 0 bridgehead atoms. The zero-order valence-corrected chi connectivity index (χ0v) is 35.6. The molecule has 62 heavy (non-hydrogen) atoms. The zero-order valence-electron chi connectivity index (χ0n) is 35.6. The molecule has 6 aliphatic heterocycles. The first-order valence-corrected chi connectivity index (χ1v) is 23.8. The predicted octanol–water partition coefficient (Wildman–Crippen LogP) is 7.65. The first-order chi connectivity index (χ1) is 30.2. The van der Waals surface area contributed by atoms with Gasteiger partial charge in [0.15, 0.2) is 35.4 Å². The van der Waals surface area contributed by atoms with Crippen molar-refractivity contribution in [2.24, 2.45) is 0 Å². The summed E-state index contributed by atoms with van der Waals surface area (Å²) >= 11 is 0. The van der Waals surface area contributed by atoms with Crippen LogP contribution in [0, 0.1) is 0 Å². The Kier molecular flexibility index (Phi) is 10.1. The molecule has 0 aromatic heterocycles. The van der Waals surface area contributed by atoms with Crippen molar-refractivity contribution >= 4 is 22.7 Å². The van der Waals surface area contributed by atoms with Crippen LogP contribution < -0.4 is 0 Å².